The Labute approximate surface area is 77.3 Å². The van der Waals surface area contributed by atoms with Gasteiger partial charge in [0.2, 0.25) is 0 Å². The van der Waals surface area contributed by atoms with Crippen LogP contribution in [0.15, 0.2) is 29.2 Å². The second kappa shape index (κ2) is 3.99. The molecular weight excluding hydrogens is 164 g/mol. The summed E-state index contributed by atoms with van der Waals surface area (Å²) in [6.07, 6.45) is 4.35. The molecule has 1 aliphatic heterocycles. The van der Waals surface area contributed by atoms with Crippen molar-refractivity contribution in [3.63, 3.8) is 0 Å². The summed E-state index contributed by atoms with van der Waals surface area (Å²) >= 11 is 0. The molecule has 0 nitrogen and oxygen atoms in total. The molecule has 65 valence electrons. The smallest absolute Gasteiger partial charge is 0.0125 e. The summed E-state index contributed by atoms with van der Waals surface area (Å²) in [6.45, 7) is 0. The van der Waals surface area contributed by atoms with Crippen molar-refractivity contribution in [1.29, 1.82) is 0 Å². The molecule has 12 heavy (non-hydrogen) atoms. The van der Waals surface area contributed by atoms with Gasteiger partial charge in [-0.05, 0) is 47.4 Å². The fourth-order valence-electron chi connectivity index (χ4n) is 1.74. The third-order valence-electron chi connectivity index (χ3n) is 2.42. The largest absolute Gasteiger partial charge is 0.227 e. The summed E-state index contributed by atoms with van der Waals surface area (Å²) in [4.78, 5) is 1.59. The lowest BCUT2D eigenvalue weighted by Gasteiger charge is -2.26. The third kappa shape index (κ3) is 1.84. The Kier molecular flexibility index (Phi) is 2.72. The van der Waals surface area contributed by atoms with Crippen LogP contribution in [0.4, 0.5) is 0 Å². The average Bonchev–Trinajstić information content (AvgIpc) is 2.21. The minimum absolute atomic E-state index is 0.213. The van der Waals surface area contributed by atoms with Gasteiger partial charge in [-0.2, -0.15) is 0 Å². The monoisotopic (exact) mass is 179 g/mol. The highest BCUT2D eigenvalue weighted by Crippen LogP contribution is 2.40. The maximum atomic E-state index is 3.08. The molecule has 1 heterocycles. The molecule has 1 aliphatic rings. The van der Waals surface area contributed by atoms with E-state index in [1.54, 1.807) is 4.90 Å². The Hall–Kier alpha value is -0.430. The Bertz CT molecular complexity index is 224. The topological polar surface area (TPSA) is 0 Å². The van der Waals surface area contributed by atoms with Crippen LogP contribution < -0.4 is 0 Å². The zero-order valence-corrected chi connectivity index (χ0v) is 8.19. The highest BCUT2D eigenvalue weighted by Gasteiger charge is 2.10. The van der Waals surface area contributed by atoms with E-state index < -0.39 is 0 Å². The van der Waals surface area contributed by atoms with Crippen LogP contribution in [0.1, 0.15) is 19.3 Å². The Morgan fingerprint density at radius 1 is 1.00 bits per heavy atom. The molecule has 0 atom stereocenters. The van der Waals surface area contributed by atoms with Crippen molar-refractivity contribution < 1.29 is 0 Å². The molecule has 0 bridgehead atoms. The van der Waals surface area contributed by atoms with Gasteiger partial charge in [-0.1, -0.05) is 18.6 Å². The van der Waals surface area contributed by atoms with Crippen LogP contribution in [0.5, 0.6) is 0 Å². The highest BCUT2D eigenvalue weighted by atomic mass is 32.2. The van der Waals surface area contributed by atoms with E-state index in [-0.39, 0.29) is 10.9 Å². The van der Waals surface area contributed by atoms with Gasteiger partial charge in [-0.15, -0.1) is 0 Å². The van der Waals surface area contributed by atoms with Crippen LogP contribution in [0, 0.1) is 6.07 Å². The predicted octanol–water partition coefficient (Wildman–Crippen LogP) is 3.03. The molecular formula is C11H15S. The van der Waals surface area contributed by atoms with Crippen LogP contribution in [0.3, 0.4) is 0 Å². The molecule has 1 aromatic rings. The summed E-state index contributed by atoms with van der Waals surface area (Å²) in [6, 6.07) is 11.7. The molecule has 0 spiro atoms. The zero-order chi connectivity index (χ0) is 8.23. The zero-order valence-electron chi connectivity index (χ0n) is 7.29. The van der Waals surface area contributed by atoms with Gasteiger partial charge in [0.15, 0.2) is 0 Å². The van der Waals surface area contributed by atoms with Crippen LogP contribution in [0.25, 0.3) is 0 Å². The van der Waals surface area contributed by atoms with E-state index in [1.807, 2.05) is 12.1 Å². The Morgan fingerprint density at radius 3 is 2.33 bits per heavy atom. The number of rotatable bonds is 1. The lowest BCUT2D eigenvalue weighted by molar-refractivity contribution is 0.758. The maximum absolute atomic E-state index is 3.08. The summed E-state index contributed by atoms with van der Waals surface area (Å²) in [5, 5.41) is 0. The molecule has 0 amide bonds. The minimum Gasteiger partial charge on any atom is -0.227 e. The van der Waals surface area contributed by atoms with E-state index in [4.69, 9.17) is 0 Å². The van der Waals surface area contributed by atoms with Crippen LogP contribution in [-0.4, -0.2) is 11.5 Å². The normalized spacial score (nSPS) is 20.8. The first-order chi connectivity index (χ1) is 5.97. The van der Waals surface area contributed by atoms with E-state index >= 15 is 0 Å². The highest BCUT2D eigenvalue weighted by molar-refractivity contribution is 8.17. The lowest BCUT2D eigenvalue weighted by Crippen LogP contribution is -2.02. The van der Waals surface area contributed by atoms with Gasteiger partial charge >= 0.3 is 0 Å². The van der Waals surface area contributed by atoms with Crippen LogP contribution >= 0.6 is 10.9 Å². The molecule has 1 heteroatoms. The van der Waals surface area contributed by atoms with E-state index in [1.165, 1.54) is 30.8 Å². The molecule has 1 radical (unpaired) electrons. The number of benzene rings is 1. The maximum Gasteiger partial charge on any atom is -0.0125 e. The second-order valence-corrected chi connectivity index (χ2v) is 5.80. The second-order valence-electron chi connectivity index (χ2n) is 3.31. The fraction of sp³-hybridized carbons (Fsp3) is 0.455. The molecule has 1 aromatic carbocycles. The Morgan fingerprint density at radius 2 is 1.67 bits per heavy atom. The third-order valence-corrected chi connectivity index (χ3v) is 5.16. The summed E-state index contributed by atoms with van der Waals surface area (Å²) in [7, 11) is 0.213. The molecule has 0 aromatic heterocycles. The Balaban J connectivity index is 2.08. The number of hydrogen-bond acceptors (Lipinski definition) is 0. The number of hydrogen-bond donors (Lipinski definition) is 1. The SMILES string of the molecule is [c]1ccc([SH]2CCCCC2)cc1. The fourth-order valence-corrected chi connectivity index (χ4v) is 4.26. The molecule has 0 N–H and O–H groups in total. The molecule has 0 aliphatic carbocycles. The van der Waals surface area contributed by atoms with Crippen molar-refractivity contribution in [2.45, 2.75) is 24.2 Å². The van der Waals surface area contributed by atoms with Gasteiger partial charge in [0.25, 0.3) is 0 Å². The van der Waals surface area contributed by atoms with Gasteiger partial charge in [-0.25, -0.2) is 10.9 Å². The van der Waals surface area contributed by atoms with Crippen molar-refractivity contribution in [3.8, 4) is 0 Å². The van der Waals surface area contributed by atoms with Crippen molar-refractivity contribution in [1.82, 2.24) is 0 Å². The van der Waals surface area contributed by atoms with Crippen LogP contribution in [-0.2, 0) is 0 Å². The summed E-state index contributed by atoms with van der Waals surface area (Å²) in [5.41, 5.74) is 0. The number of thiol groups is 1. The van der Waals surface area contributed by atoms with Gasteiger partial charge in [0.05, 0.1) is 0 Å². The molecule has 1 fully saturated rings. The van der Waals surface area contributed by atoms with Crippen molar-refractivity contribution in [2.75, 3.05) is 11.5 Å². The van der Waals surface area contributed by atoms with E-state index in [2.05, 4.69) is 18.2 Å². The van der Waals surface area contributed by atoms with Crippen molar-refractivity contribution >= 4 is 10.9 Å². The van der Waals surface area contributed by atoms with E-state index in [0.717, 1.165) is 0 Å². The predicted molar refractivity (Wildman–Crippen MR) is 56.1 cm³/mol. The summed E-state index contributed by atoms with van der Waals surface area (Å²) in [5.74, 6) is 2.92. The molecule has 1 saturated heterocycles. The molecule has 0 saturated carbocycles. The quantitative estimate of drug-likeness (QED) is 0.629. The van der Waals surface area contributed by atoms with Gasteiger partial charge in [-0.3, -0.25) is 0 Å². The standard InChI is InChI=1S/C11H15S/c1-3-7-11(8-4-1)12-9-5-2-6-10-12/h3-4,7-8,12H,2,5-6,9-10H2. The first-order valence-electron chi connectivity index (χ1n) is 4.68. The first kappa shape index (κ1) is 8.18. The van der Waals surface area contributed by atoms with Crippen molar-refractivity contribution in [2.24, 2.45) is 0 Å². The molecule has 0 unspecified atom stereocenters. The van der Waals surface area contributed by atoms with Crippen molar-refractivity contribution in [3.05, 3.63) is 30.3 Å². The summed E-state index contributed by atoms with van der Waals surface area (Å²) < 4.78 is 0. The van der Waals surface area contributed by atoms with Gasteiger partial charge < -0.3 is 0 Å². The van der Waals surface area contributed by atoms with Gasteiger partial charge in [0, 0.05) is 0 Å². The minimum atomic E-state index is 0.213. The van der Waals surface area contributed by atoms with Gasteiger partial charge in [0.1, 0.15) is 0 Å². The van der Waals surface area contributed by atoms with Crippen LogP contribution in [0.2, 0.25) is 0 Å². The van der Waals surface area contributed by atoms with E-state index in [9.17, 15) is 0 Å². The first-order valence-corrected chi connectivity index (χ1v) is 6.39. The average molecular weight is 179 g/mol. The molecule has 2 rings (SSSR count). The lowest BCUT2D eigenvalue weighted by atomic mass is 10.3. The van der Waals surface area contributed by atoms with E-state index in [0.29, 0.717) is 0 Å².